The summed E-state index contributed by atoms with van der Waals surface area (Å²) in [5.41, 5.74) is 1.19. The summed E-state index contributed by atoms with van der Waals surface area (Å²) in [6.45, 7) is 5.90. The number of hydrogen-bond donors (Lipinski definition) is 2. The lowest BCUT2D eigenvalue weighted by molar-refractivity contribution is 0.121. The normalized spacial score (nSPS) is 17.0. The second-order valence-electron chi connectivity index (χ2n) is 6.21. The first-order valence-corrected chi connectivity index (χ1v) is 8.99. The molecule has 0 atom stereocenters. The highest BCUT2D eigenvalue weighted by Gasteiger charge is 2.18. The zero-order valence-electron chi connectivity index (χ0n) is 14.7. The van der Waals surface area contributed by atoms with Crippen molar-refractivity contribution < 1.29 is 4.74 Å². The van der Waals surface area contributed by atoms with Crippen LogP contribution in [-0.2, 0) is 11.3 Å². The Morgan fingerprint density at radius 3 is 2.58 bits per heavy atom. The van der Waals surface area contributed by atoms with Gasteiger partial charge in [-0.25, -0.2) is 0 Å². The van der Waals surface area contributed by atoms with Gasteiger partial charge in [0.15, 0.2) is 5.96 Å². The van der Waals surface area contributed by atoms with Crippen molar-refractivity contribution in [1.82, 2.24) is 15.5 Å². The number of rotatable bonds is 7. The van der Waals surface area contributed by atoms with Gasteiger partial charge in [-0.15, -0.1) is 0 Å². The van der Waals surface area contributed by atoms with Crippen LogP contribution in [0.5, 0.6) is 0 Å². The van der Waals surface area contributed by atoms with Crippen LogP contribution in [0.25, 0.3) is 0 Å². The smallest absolute Gasteiger partial charge is 0.191 e. The zero-order valence-corrected chi connectivity index (χ0v) is 15.5. The van der Waals surface area contributed by atoms with E-state index in [4.69, 9.17) is 16.3 Å². The summed E-state index contributed by atoms with van der Waals surface area (Å²) in [5.74, 6) is 1.56. The van der Waals surface area contributed by atoms with Crippen molar-refractivity contribution in [3.8, 4) is 0 Å². The van der Waals surface area contributed by atoms with Gasteiger partial charge >= 0.3 is 0 Å². The Balaban J connectivity index is 1.66. The molecule has 1 aromatic carbocycles. The van der Waals surface area contributed by atoms with E-state index in [0.29, 0.717) is 5.92 Å². The summed E-state index contributed by atoms with van der Waals surface area (Å²) in [7, 11) is 3.57. The lowest BCUT2D eigenvalue weighted by atomic mass is 9.97. The van der Waals surface area contributed by atoms with E-state index in [1.807, 2.05) is 31.3 Å². The lowest BCUT2D eigenvalue weighted by Crippen LogP contribution is -2.43. The van der Waals surface area contributed by atoms with Crippen molar-refractivity contribution in [3.63, 3.8) is 0 Å². The number of likely N-dealkylation sites (tertiary alicyclic amines) is 1. The SMILES string of the molecule is CN=C(NCc1ccc(Cl)cc1)NCC1CCN(CCOC)CC1. The molecule has 5 nitrogen and oxygen atoms in total. The summed E-state index contributed by atoms with van der Waals surface area (Å²) in [4.78, 5) is 6.78. The van der Waals surface area contributed by atoms with E-state index < -0.39 is 0 Å². The Morgan fingerprint density at radius 1 is 1.25 bits per heavy atom. The van der Waals surface area contributed by atoms with Crippen LogP contribution in [0.1, 0.15) is 18.4 Å². The largest absolute Gasteiger partial charge is 0.383 e. The lowest BCUT2D eigenvalue weighted by Gasteiger charge is -2.32. The maximum atomic E-state index is 5.91. The molecule has 24 heavy (non-hydrogen) atoms. The Morgan fingerprint density at radius 2 is 1.96 bits per heavy atom. The van der Waals surface area contributed by atoms with Crippen molar-refractivity contribution in [2.45, 2.75) is 19.4 Å². The van der Waals surface area contributed by atoms with E-state index >= 15 is 0 Å². The third kappa shape index (κ3) is 6.67. The van der Waals surface area contributed by atoms with Crippen molar-refractivity contribution in [1.29, 1.82) is 0 Å². The molecule has 1 aromatic rings. The summed E-state index contributed by atoms with van der Waals surface area (Å²) in [6, 6.07) is 7.87. The standard InChI is InChI=1S/C18H29ClN4O/c1-20-18(21-13-15-3-5-17(19)6-4-15)22-14-16-7-9-23(10-8-16)11-12-24-2/h3-6,16H,7-14H2,1-2H3,(H2,20,21,22). The van der Waals surface area contributed by atoms with Crippen LogP contribution in [0.15, 0.2) is 29.3 Å². The van der Waals surface area contributed by atoms with Gasteiger partial charge < -0.3 is 20.3 Å². The molecule has 1 saturated heterocycles. The van der Waals surface area contributed by atoms with E-state index in [-0.39, 0.29) is 0 Å². The number of methoxy groups -OCH3 is 1. The van der Waals surface area contributed by atoms with Gasteiger partial charge in [0.25, 0.3) is 0 Å². The fourth-order valence-electron chi connectivity index (χ4n) is 2.88. The quantitative estimate of drug-likeness (QED) is 0.584. The molecule has 134 valence electrons. The molecule has 1 fully saturated rings. The molecule has 2 rings (SSSR count). The number of nitrogens with one attached hydrogen (secondary N) is 2. The average molecular weight is 353 g/mol. The number of aliphatic imine (C=N–C) groups is 1. The first-order valence-electron chi connectivity index (χ1n) is 8.61. The monoisotopic (exact) mass is 352 g/mol. The van der Waals surface area contributed by atoms with Gasteiger partial charge in [0.1, 0.15) is 0 Å². The highest BCUT2D eigenvalue weighted by molar-refractivity contribution is 6.30. The van der Waals surface area contributed by atoms with Crippen LogP contribution in [-0.4, -0.2) is 57.8 Å². The summed E-state index contributed by atoms with van der Waals surface area (Å²) >= 11 is 5.91. The Kier molecular flexibility index (Phi) is 8.36. The number of hydrogen-bond acceptors (Lipinski definition) is 3. The van der Waals surface area contributed by atoms with Gasteiger partial charge in [0.05, 0.1) is 6.61 Å². The zero-order chi connectivity index (χ0) is 17.2. The van der Waals surface area contributed by atoms with E-state index in [2.05, 4.69) is 20.5 Å². The number of nitrogens with zero attached hydrogens (tertiary/aromatic N) is 2. The number of halogens is 1. The molecule has 0 amide bonds. The highest BCUT2D eigenvalue weighted by atomic mass is 35.5. The molecule has 6 heteroatoms. The summed E-state index contributed by atoms with van der Waals surface area (Å²) < 4.78 is 5.15. The fraction of sp³-hybridized carbons (Fsp3) is 0.611. The van der Waals surface area contributed by atoms with Crippen LogP contribution < -0.4 is 10.6 Å². The van der Waals surface area contributed by atoms with E-state index in [0.717, 1.165) is 50.3 Å². The Labute approximate surface area is 150 Å². The van der Waals surface area contributed by atoms with Crippen molar-refractivity contribution in [2.24, 2.45) is 10.9 Å². The van der Waals surface area contributed by atoms with Gasteiger partial charge in [-0.05, 0) is 49.5 Å². The van der Waals surface area contributed by atoms with Crippen LogP contribution in [0.3, 0.4) is 0 Å². The van der Waals surface area contributed by atoms with Crippen LogP contribution in [0.2, 0.25) is 5.02 Å². The minimum Gasteiger partial charge on any atom is -0.383 e. The highest BCUT2D eigenvalue weighted by Crippen LogP contribution is 2.16. The first kappa shape index (κ1) is 19.0. The molecule has 0 unspecified atom stereocenters. The van der Waals surface area contributed by atoms with Crippen molar-refractivity contribution in [3.05, 3.63) is 34.9 Å². The summed E-state index contributed by atoms with van der Waals surface area (Å²) in [5, 5.41) is 7.56. The average Bonchev–Trinajstić information content (AvgIpc) is 2.62. The molecule has 0 aliphatic carbocycles. The van der Waals surface area contributed by atoms with Crippen LogP contribution in [0.4, 0.5) is 0 Å². The minimum atomic E-state index is 0.706. The third-order valence-electron chi connectivity index (χ3n) is 4.47. The molecule has 1 aliphatic rings. The second kappa shape index (κ2) is 10.5. The molecular formula is C18H29ClN4O. The molecule has 1 heterocycles. The molecule has 2 N–H and O–H groups in total. The third-order valence-corrected chi connectivity index (χ3v) is 4.73. The molecular weight excluding hydrogens is 324 g/mol. The van der Waals surface area contributed by atoms with Crippen molar-refractivity contribution in [2.75, 3.05) is 46.9 Å². The number of ether oxygens (including phenoxy) is 1. The predicted octanol–water partition coefficient (Wildman–Crippen LogP) is 2.36. The Hall–Kier alpha value is -1.30. The van der Waals surface area contributed by atoms with Crippen LogP contribution in [0, 0.1) is 5.92 Å². The predicted molar refractivity (Wildman–Crippen MR) is 101 cm³/mol. The maximum absolute atomic E-state index is 5.91. The van der Waals surface area contributed by atoms with Gasteiger partial charge in [0, 0.05) is 38.8 Å². The van der Waals surface area contributed by atoms with Gasteiger partial charge in [-0.3, -0.25) is 4.99 Å². The van der Waals surface area contributed by atoms with Crippen molar-refractivity contribution >= 4 is 17.6 Å². The van der Waals surface area contributed by atoms with Gasteiger partial charge in [0.2, 0.25) is 0 Å². The number of benzene rings is 1. The number of piperidine rings is 1. The molecule has 1 aliphatic heterocycles. The second-order valence-corrected chi connectivity index (χ2v) is 6.65. The summed E-state index contributed by atoms with van der Waals surface area (Å²) in [6.07, 6.45) is 2.45. The maximum Gasteiger partial charge on any atom is 0.191 e. The van der Waals surface area contributed by atoms with Gasteiger partial charge in [-0.1, -0.05) is 23.7 Å². The van der Waals surface area contributed by atoms with Crippen LogP contribution >= 0.6 is 11.6 Å². The fourth-order valence-corrected chi connectivity index (χ4v) is 3.01. The first-order chi connectivity index (χ1) is 11.7. The minimum absolute atomic E-state index is 0.706. The Bertz CT molecular complexity index is 498. The molecule has 0 aromatic heterocycles. The topological polar surface area (TPSA) is 48.9 Å². The van der Waals surface area contributed by atoms with E-state index in [1.165, 1.54) is 18.4 Å². The van der Waals surface area contributed by atoms with E-state index in [1.54, 1.807) is 7.11 Å². The van der Waals surface area contributed by atoms with Gasteiger partial charge in [-0.2, -0.15) is 0 Å². The molecule has 0 spiro atoms. The molecule has 0 saturated carbocycles. The molecule has 0 bridgehead atoms. The van der Waals surface area contributed by atoms with E-state index in [9.17, 15) is 0 Å². The number of guanidine groups is 1. The molecule has 0 radical (unpaired) electrons.